The van der Waals surface area contributed by atoms with Gasteiger partial charge in [-0.1, -0.05) is 24.0 Å². The van der Waals surface area contributed by atoms with Crippen LogP contribution in [0, 0.1) is 17.3 Å². The van der Waals surface area contributed by atoms with E-state index in [0.717, 1.165) is 12.7 Å². The Morgan fingerprint density at radius 2 is 1.93 bits per heavy atom. The number of thioether (sulfide) groups is 1. The summed E-state index contributed by atoms with van der Waals surface area (Å²) in [5.41, 5.74) is 1.24. The fourth-order valence-electron chi connectivity index (χ4n) is 2.46. The molecule has 1 saturated heterocycles. The molecule has 0 aromatic heterocycles. The minimum atomic E-state index is -0.487. The molecule has 6 nitrogen and oxygen atoms in total. The number of thiocarbonyl (C=S) groups is 1. The second kappa shape index (κ2) is 8.41. The minimum absolute atomic E-state index is 0.0436. The lowest BCUT2D eigenvalue weighted by Gasteiger charge is -2.14. The van der Waals surface area contributed by atoms with Crippen molar-refractivity contribution >= 4 is 96.8 Å². The van der Waals surface area contributed by atoms with E-state index in [2.05, 4.69) is 45.2 Å². The van der Waals surface area contributed by atoms with E-state index >= 15 is 0 Å². The number of non-ortho nitro benzene ring substituents is 1. The van der Waals surface area contributed by atoms with Gasteiger partial charge in [-0.3, -0.25) is 19.8 Å². The molecule has 2 aromatic rings. The van der Waals surface area contributed by atoms with Gasteiger partial charge in [0.1, 0.15) is 5.75 Å². The number of hydrogen-bond donors (Lipinski definition) is 0. The summed E-state index contributed by atoms with van der Waals surface area (Å²) in [5, 5.41) is 10.8. The number of anilines is 1. The van der Waals surface area contributed by atoms with Crippen LogP contribution in [0.2, 0.25) is 0 Å². The number of halogens is 2. The van der Waals surface area contributed by atoms with E-state index in [9.17, 15) is 14.9 Å². The Labute approximate surface area is 191 Å². The zero-order valence-corrected chi connectivity index (χ0v) is 19.6. The molecule has 0 N–H and O–H groups in total. The number of benzene rings is 2. The Hall–Kier alpha value is -1.25. The summed E-state index contributed by atoms with van der Waals surface area (Å²) in [4.78, 5) is 25.0. The zero-order chi connectivity index (χ0) is 19.7. The maximum absolute atomic E-state index is 12.9. The first-order valence-corrected chi connectivity index (χ1v) is 10.8. The van der Waals surface area contributed by atoms with Gasteiger partial charge >= 0.3 is 0 Å². The largest absolute Gasteiger partial charge is 0.495 e. The number of amides is 1. The normalized spacial score (nSPS) is 15.5. The molecular weight excluding hydrogens is 614 g/mol. The predicted octanol–water partition coefficient (Wildman–Crippen LogP) is 5.22. The second-order valence-electron chi connectivity index (χ2n) is 5.30. The van der Waals surface area contributed by atoms with Crippen molar-refractivity contribution in [3.8, 4) is 5.75 Å². The summed E-state index contributed by atoms with van der Waals surface area (Å²) < 4.78 is 7.81. The minimum Gasteiger partial charge on any atom is -0.495 e. The van der Waals surface area contributed by atoms with E-state index in [1.54, 1.807) is 13.2 Å². The van der Waals surface area contributed by atoms with Gasteiger partial charge in [0.05, 0.1) is 26.2 Å². The Balaban J connectivity index is 1.97. The fraction of sp³-hybridized carbons (Fsp3) is 0.0588. The molecule has 138 valence electrons. The topological polar surface area (TPSA) is 72.7 Å². The first-order valence-electron chi connectivity index (χ1n) is 7.37. The standard InChI is InChI=1S/C17H10I2N2O4S2/c1-25-15-9(6-10(18)8-13(15)19)7-14-16(22)20(17(26)27-14)11-2-4-12(5-3-11)21(23)24/h2-8H,1H3/b14-7+. The molecule has 27 heavy (non-hydrogen) atoms. The van der Waals surface area contributed by atoms with E-state index in [-0.39, 0.29) is 11.6 Å². The summed E-state index contributed by atoms with van der Waals surface area (Å²) in [7, 11) is 1.59. The van der Waals surface area contributed by atoms with Crippen molar-refractivity contribution in [2.75, 3.05) is 12.0 Å². The van der Waals surface area contributed by atoms with Crippen LogP contribution in [-0.4, -0.2) is 22.3 Å². The molecule has 10 heteroatoms. The van der Waals surface area contributed by atoms with Crippen LogP contribution in [0.25, 0.3) is 6.08 Å². The number of carbonyl (C=O) groups is 1. The maximum atomic E-state index is 12.9. The highest BCUT2D eigenvalue weighted by atomic mass is 127. The number of nitro groups is 1. The van der Waals surface area contributed by atoms with Gasteiger partial charge in [-0.05, 0) is 75.5 Å². The lowest BCUT2D eigenvalue weighted by atomic mass is 10.2. The summed E-state index contributed by atoms with van der Waals surface area (Å²) in [6, 6.07) is 9.64. The lowest BCUT2D eigenvalue weighted by molar-refractivity contribution is -0.384. The summed E-state index contributed by atoms with van der Waals surface area (Å²) in [6.45, 7) is 0. The molecule has 0 bridgehead atoms. The molecule has 1 amide bonds. The van der Waals surface area contributed by atoms with E-state index in [1.165, 1.54) is 40.9 Å². The van der Waals surface area contributed by atoms with Crippen molar-refractivity contribution < 1.29 is 14.5 Å². The van der Waals surface area contributed by atoms with E-state index in [4.69, 9.17) is 17.0 Å². The first-order chi connectivity index (χ1) is 12.8. The molecule has 0 atom stereocenters. The van der Waals surface area contributed by atoms with Crippen LogP contribution in [0.3, 0.4) is 0 Å². The second-order valence-corrected chi connectivity index (χ2v) is 9.38. The SMILES string of the molecule is COc1c(I)cc(I)cc1/C=C1/SC(=S)N(c2ccc([N+](=O)[O-])cc2)C1=O. The Kier molecular flexibility index (Phi) is 6.38. The number of rotatable bonds is 4. The molecule has 0 unspecified atom stereocenters. The molecule has 1 aliphatic rings. The van der Waals surface area contributed by atoms with E-state index in [1.807, 2.05) is 12.1 Å². The fourth-order valence-corrected chi connectivity index (χ4v) is 5.86. The predicted molar refractivity (Wildman–Crippen MR) is 127 cm³/mol. The number of nitrogens with zero attached hydrogens (tertiary/aromatic N) is 2. The third-order valence-corrected chi connectivity index (χ3v) is 6.37. The van der Waals surface area contributed by atoms with E-state index < -0.39 is 4.92 Å². The van der Waals surface area contributed by atoms with Crippen molar-refractivity contribution in [1.82, 2.24) is 0 Å². The summed E-state index contributed by atoms with van der Waals surface area (Å²) in [6.07, 6.45) is 1.76. The summed E-state index contributed by atoms with van der Waals surface area (Å²) in [5.74, 6) is 0.423. The molecule has 1 fully saturated rings. The average Bonchev–Trinajstić information content (AvgIpc) is 2.88. The van der Waals surface area contributed by atoms with Crippen molar-refractivity contribution in [2.24, 2.45) is 0 Å². The van der Waals surface area contributed by atoms with Crippen LogP contribution in [0.5, 0.6) is 5.75 Å². The van der Waals surface area contributed by atoms with Gasteiger partial charge in [0, 0.05) is 21.3 Å². The quantitative estimate of drug-likeness (QED) is 0.153. The Bertz CT molecular complexity index is 993. The van der Waals surface area contributed by atoms with Gasteiger partial charge in [0.15, 0.2) is 4.32 Å². The molecule has 3 rings (SSSR count). The molecule has 0 spiro atoms. The number of methoxy groups -OCH3 is 1. The number of nitro benzene ring substituents is 1. The van der Waals surface area contributed by atoms with Crippen LogP contribution in [0.4, 0.5) is 11.4 Å². The van der Waals surface area contributed by atoms with Crippen LogP contribution in [0.1, 0.15) is 5.56 Å². The monoisotopic (exact) mass is 624 g/mol. The molecule has 0 radical (unpaired) electrons. The van der Waals surface area contributed by atoms with Crippen LogP contribution in [-0.2, 0) is 4.79 Å². The van der Waals surface area contributed by atoms with Gasteiger partial charge < -0.3 is 4.74 Å². The molecular formula is C17H10I2N2O4S2. The lowest BCUT2D eigenvalue weighted by Crippen LogP contribution is -2.27. The van der Waals surface area contributed by atoms with Gasteiger partial charge in [0.2, 0.25) is 0 Å². The molecule has 0 aliphatic carbocycles. The third kappa shape index (κ3) is 4.27. The Morgan fingerprint density at radius 3 is 2.52 bits per heavy atom. The average molecular weight is 624 g/mol. The third-order valence-electron chi connectivity index (χ3n) is 3.64. The van der Waals surface area contributed by atoms with Crippen molar-refractivity contribution in [1.29, 1.82) is 0 Å². The Morgan fingerprint density at radius 1 is 1.26 bits per heavy atom. The van der Waals surface area contributed by atoms with Gasteiger partial charge in [0.25, 0.3) is 11.6 Å². The van der Waals surface area contributed by atoms with Crippen molar-refractivity contribution in [3.63, 3.8) is 0 Å². The molecule has 0 saturated carbocycles. The highest BCUT2D eigenvalue weighted by Gasteiger charge is 2.33. The van der Waals surface area contributed by atoms with Crippen molar-refractivity contribution in [3.05, 3.63) is 64.1 Å². The summed E-state index contributed by atoms with van der Waals surface area (Å²) >= 11 is 10.9. The van der Waals surface area contributed by atoms with Gasteiger partial charge in [-0.15, -0.1) is 0 Å². The molecule has 1 aliphatic heterocycles. The van der Waals surface area contributed by atoms with Gasteiger partial charge in [-0.25, -0.2) is 0 Å². The van der Waals surface area contributed by atoms with Gasteiger partial charge in [-0.2, -0.15) is 0 Å². The molecule has 2 aromatic carbocycles. The maximum Gasteiger partial charge on any atom is 0.270 e. The molecule has 1 heterocycles. The highest BCUT2D eigenvalue weighted by molar-refractivity contribution is 14.1. The number of ether oxygens (including phenoxy) is 1. The smallest absolute Gasteiger partial charge is 0.270 e. The highest BCUT2D eigenvalue weighted by Crippen LogP contribution is 2.38. The number of hydrogen-bond acceptors (Lipinski definition) is 6. The zero-order valence-electron chi connectivity index (χ0n) is 13.6. The van der Waals surface area contributed by atoms with Crippen molar-refractivity contribution in [2.45, 2.75) is 0 Å². The van der Waals surface area contributed by atoms with Crippen LogP contribution >= 0.6 is 69.2 Å². The number of carbonyl (C=O) groups excluding carboxylic acids is 1. The van der Waals surface area contributed by atoms with Crippen LogP contribution < -0.4 is 9.64 Å². The first kappa shape index (κ1) is 20.5. The van der Waals surface area contributed by atoms with E-state index in [0.29, 0.717) is 20.7 Å². The van der Waals surface area contributed by atoms with Crippen LogP contribution in [0.15, 0.2) is 41.3 Å².